The van der Waals surface area contributed by atoms with Crippen molar-refractivity contribution in [3.05, 3.63) is 35.5 Å². The van der Waals surface area contributed by atoms with Crippen LogP contribution in [-0.2, 0) is 6.42 Å². The summed E-state index contributed by atoms with van der Waals surface area (Å²) in [5, 5.41) is 1.39. The number of aromatic amines is 1. The van der Waals surface area contributed by atoms with Crippen LogP contribution in [0.25, 0.3) is 10.9 Å². The maximum Gasteiger partial charge on any atom is 0.0459 e. The van der Waals surface area contributed by atoms with E-state index in [1.807, 2.05) is 0 Å². The van der Waals surface area contributed by atoms with Crippen molar-refractivity contribution in [2.75, 3.05) is 6.54 Å². The molecule has 2 heteroatoms. The van der Waals surface area contributed by atoms with Gasteiger partial charge in [-0.2, -0.15) is 0 Å². The molecule has 0 saturated heterocycles. The highest BCUT2D eigenvalue weighted by molar-refractivity contribution is 5.85. The molecule has 2 nitrogen and oxygen atoms in total. The number of para-hydroxylation sites is 1. The van der Waals surface area contributed by atoms with Crippen LogP contribution in [0.2, 0.25) is 0 Å². The maximum absolute atomic E-state index is 5.82. The van der Waals surface area contributed by atoms with Gasteiger partial charge in [-0.15, -0.1) is 0 Å². The first-order valence-electron chi connectivity index (χ1n) is 5.69. The van der Waals surface area contributed by atoms with Gasteiger partial charge in [-0.05, 0) is 30.9 Å². The summed E-state index contributed by atoms with van der Waals surface area (Å²) in [4.78, 5) is 3.54. The Labute approximate surface area is 89.5 Å². The van der Waals surface area contributed by atoms with Crippen LogP contribution in [-0.4, -0.2) is 11.5 Å². The zero-order valence-corrected chi connectivity index (χ0v) is 8.79. The van der Waals surface area contributed by atoms with Gasteiger partial charge in [0.2, 0.25) is 0 Å². The van der Waals surface area contributed by atoms with Crippen molar-refractivity contribution < 1.29 is 0 Å². The molecule has 2 aromatic rings. The van der Waals surface area contributed by atoms with Crippen LogP contribution in [0.4, 0.5) is 0 Å². The van der Waals surface area contributed by atoms with Gasteiger partial charge in [0.1, 0.15) is 0 Å². The van der Waals surface area contributed by atoms with Gasteiger partial charge in [0.05, 0.1) is 0 Å². The molecular formula is C13H16N2. The number of hydrogen-bond donors (Lipinski definition) is 2. The zero-order chi connectivity index (χ0) is 10.3. The van der Waals surface area contributed by atoms with E-state index in [0.717, 1.165) is 6.54 Å². The van der Waals surface area contributed by atoms with Crippen molar-refractivity contribution in [2.45, 2.75) is 25.2 Å². The van der Waals surface area contributed by atoms with E-state index in [1.165, 1.54) is 41.4 Å². The molecule has 0 fully saturated rings. The van der Waals surface area contributed by atoms with Gasteiger partial charge in [0.15, 0.2) is 0 Å². The Balaban J connectivity index is 2.24. The van der Waals surface area contributed by atoms with E-state index < -0.39 is 0 Å². The fourth-order valence-electron chi connectivity index (χ4n) is 2.74. The number of hydrogen-bond acceptors (Lipinski definition) is 1. The average Bonchev–Trinajstić information content (AvgIpc) is 2.67. The number of fused-ring (bicyclic) bond motifs is 3. The predicted molar refractivity (Wildman–Crippen MR) is 63.0 cm³/mol. The summed E-state index contributed by atoms with van der Waals surface area (Å²) in [5.41, 5.74) is 9.99. The fraction of sp³-hybridized carbons (Fsp3) is 0.385. The Morgan fingerprint density at radius 3 is 3.07 bits per heavy atom. The smallest absolute Gasteiger partial charge is 0.0459 e. The van der Waals surface area contributed by atoms with Gasteiger partial charge in [0.25, 0.3) is 0 Å². The molecule has 0 spiro atoms. The lowest BCUT2D eigenvalue weighted by atomic mass is 9.87. The standard InChI is InChI=1S/C13H16N2/c14-8-9-4-3-6-11-10-5-1-2-7-12(10)15-13(9)11/h1-2,5,7,9,15H,3-4,6,8,14H2. The molecule has 15 heavy (non-hydrogen) atoms. The number of aromatic nitrogens is 1. The first-order chi connectivity index (χ1) is 7.40. The van der Waals surface area contributed by atoms with E-state index in [4.69, 9.17) is 5.73 Å². The van der Waals surface area contributed by atoms with Crippen LogP contribution < -0.4 is 5.73 Å². The van der Waals surface area contributed by atoms with Gasteiger partial charge in [-0.25, -0.2) is 0 Å². The molecule has 0 radical (unpaired) electrons. The number of H-pyrrole nitrogens is 1. The van der Waals surface area contributed by atoms with Crippen LogP contribution >= 0.6 is 0 Å². The molecule has 1 aromatic carbocycles. The van der Waals surface area contributed by atoms with Crippen LogP contribution in [0.15, 0.2) is 24.3 Å². The first kappa shape index (κ1) is 8.98. The maximum atomic E-state index is 5.82. The van der Waals surface area contributed by atoms with Crippen molar-refractivity contribution in [3.63, 3.8) is 0 Å². The van der Waals surface area contributed by atoms with E-state index in [0.29, 0.717) is 5.92 Å². The molecule has 1 unspecified atom stereocenters. The topological polar surface area (TPSA) is 41.8 Å². The molecule has 1 aromatic heterocycles. The number of aryl methyl sites for hydroxylation is 1. The van der Waals surface area contributed by atoms with Crippen molar-refractivity contribution in [2.24, 2.45) is 5.73 Å². The Kier molecular flexibility index (Phi) is 2.03. The van der Waals surface area contributed by atoms with Crippen LogP contribution in [0, 0.1) is 0 Å². The number of benzene rings is 1. The van der Waals surface area contributed by atoms with Crippen molar-refractivity contribution in [3.8, 4) is 0 Å². The van der Waals surface area contributed by atoms with E-state index >= 15 is 0 Å². The summed E-state index contributed by atoms with van der Waals surface area (Å²) >= 11 is 0. The molecular weight excluding hydrogens is 184 g/mol. The highest BCUT2D eigenvalue weighted by Crippen LogP contribution is 2.35. The largest absolute Gasteiger partial charge is 0.358 e. The molecule has 0 saturated carbocycles. The van der Waals surface area contributed by atoms with Gasteiger partial charge < -0.3 is 10.7 Å². The van der Waals surface area contributed by atoms with Gasteiger partial charge in [-0.1, -0.05) is 18.2 Å². The van der Waals surface area contributed by atoms with Crippen LogP contribution in [0.1, 0.15) is 30.0 Å². The second kappa shape index (κ2) is 3.38. The molecule has 1 heterocycles. The number of rotatable bonds is 1. The minimum Gasteiger partial charge on any atom is -0.358 e. The molecule has 1 atom stereocenters. The van der Waals surface area contributed by atoms with Gasteiger partial charge in [0, 0.05) is 29.1 Å². The lowest BCUT2D eigenvalue weighted by molar-refractivity contribution is 0.553. The summed E-state index contributed by atoms with van der Waals surface area (Å²) in [6.07, 6.45) is 3.71. The molecule has 0 amide bonds. The van der Waals surface area contributed by atoms with Gasteiger partial charge in [-0.3, -0.25) is 0 Å². The second-order valence-electron chi connectivity index (χ2n) is 4.39. The first-order valence-corrected chi connectivity index (χ1v) is 5.69. The Morgan fingerprint density at radius 2 is 2.20 bits per heavy atom. The molecule has 0 aliphatic heterocycles. The summed E-state index contributed by atoms with van der Waals surface area (Å²) in [5.74, 6) is 0.543. The van der Waals surface area contributed by atoms with E-state index in [-0.39, 0.29) is 0 Å². The Hall–Kier alpha value is -1.28. The monoisotopic (exact) mass is 200 g/mol. The molecule has 1 aliphatic rings. The third-order valence-corrected chi connectivity index (χ3v) is 3.52. The van der Waals surface area contributed by atoms with Gasteiger partial charge >= 0.3 is 0 Å². The third-order valence-electron chi connectivity index (χ3n) is 3.52. The lowest BCUT2D eigenvalue weighted by Crippen LogP contribution is -2.17. The van der Waals surface area contributed by atoms with Crippen molar-refractivity contribution in [1.82, 2.24) is 4.98 Å². The SMILES string of the molecule is NCC1CCCc2c1[nH]c1ccccc21. The number of nitrogens with two attached hydrogens (primary N) is 1. The van der Waals surface area contributed by atoms with E-state index in [2.05, 4.69) is 29.2 Å². The van der Waals surface area contributed by atoms with E-state index in [1.54, 1.807) is 0 Å². The average molecular weight is 200 g/mol. The molecule has 1 aliphatic carbocycles. The quantitative estimate of drug-likeness (QED) is 0.729. The summed E-state index contributed by atoms with van der Waals surface area (Å²) in [6, 6.07) is 8.56. The zero-order valence-electron chi connectivity index (χ0n) is 8.79. The summed E-state index contributed by atoms with van der Waals surface area (Å²) in [7, 11) is 0. The van der Waals surface area contributed by atoms with Crippen molar-refractivity contribution in [1.29, 1.82) is 0 Å². The third kappa shape index (κ3) is 1.29. The summed E-state index contributed by atoms with van der Waals surface area (Å²) < 4.78 is 0. The minimum absolute atomic E-state index is 0.543. The van der Waals surface area contributed by atoms with Crippen molar-refractivity contribution >= 4 is 10.9 Å². The molecule has 3 N–H and O–H groups in total. The minimum atomic E-state index is 0.543. The number of nitrogens with one attached hydrogen (secondary N) is 1. The fourth-order valence-corrected chi connectivity index (χ4v) is 2.74. The normalized spacial score (nSPS) is 20.5. The predicted octanol–water partition coefficient (Wildman–Crippen LogP) is 2.55. The highest BCUT2D eigenvalue weighted by atomic mass is 14.8. The molecule has 78 valence electrons. The lowest BCUT2D eigenvalue weighted by Gasteiger charge is -2.20. The Bertz CT molecular complexity index is 484. The highest BCUT2D eigenvalue weighted by Gasteiger charge is 2.22. The molecule has 3 rings (SSSR count). The Morgan fingerprint density at radius 1 is 1.33 bits per heavy atom. The van der Waals surface area contributed by atoms with Crippen LogP contribution in [0.3, 0.4) is 0 Å². The van der Waals surface area contributed by atoms with E-state index in [9.17, 15) is 0 Å². The van der Waals surface area contributed by atoms with Crippen LogP contribution in [0.5, 0.6) is 0 Å². The summed E-state index contributed by atoms with van der Waals surface area (Å²) in [6.45, 7) is 0.764. The second-order valence-corrected chi connectivity index (χ2v) is 4.39. The molecule has 0 bridgehead atoms.